The van der Waals surface area contributed by atoms with Crippen molar-refractivity contribution in [1.82, 2.24) is 15.8 Å². The number of hydrogen-bond acceptors (Lipinski definition) is 7. The molecule has 0 aliphatic carbocycles. The third-order valence-electron chi connectivity index (χ3n) is 4.62. The minimum absolute atomic E-state index is 0.0183. The Kier molecular flexibility index (Phi) is 7.29. The molecule has 0 unspecified atom stereocenters. The first-order chi connectivity index (χ1) is 15.4. The second-order valence-electron chi connectivity index (χ2n) is 6.81. The fraction of sp³-hybridized carbons (Fsp3) is 0.227. The van der Waals surface area contributed by atoms with Crippen molar-refractivity contribution in [3.05, 3.63) is 70.8 Å². The van der Waals surface area contributed by atoms with Crippen LogP contribution in [0, 0.1) is 0 Å². The van der Waals surface area contributed by atoms with Crippen molar-refractivity contribution in [2.75, 3.05) is 26.9 Å². The minimum atomic E-state index is -0.851. The van der Waals surface area contributed by atoms with Crippen LogP contribution in [0.2, 0.25) is 0 Å². The van der Waals surface area contributed by atoms with Crippen LogP contribution < -0.4 is 10.9 Å². The first-order valence-electron chi connectivity index (χ1n) is 9.73. The van der Waals surface area contributed by atoms with Crippen LogP contribution in [0.4, 0.5) is 0 Å². The first kappa shape index (κ1) is 22.6. The summed E-state index contributed by atoms with van der Waals surface area (Å²) in [5, 5.41) is 0. The van der Waals surface area contributed by atoms with E-state index >= 15 is 0 Å². The van der Waals surface area contributed by atoms with Gasteiger partial charge in [0.25, 0.3) is 23.6 Å². The van der Waals surface area contributed by atoms with Gasteiger partial charge in [-0.1, -0.05) is 18.2 Å². The Morgan fingerprint density at radius 1 is 0.906 bits per heavy atom. The van der Waals surface area contributed by atoms with Crippen LogP contribution in [-0.4, -0.2) is 61.4 Å². The van der Waals surface area contributed by atoms with Gasteiger partial charge >= 0.3 is 5.97 Å². The molecular weight excluding hydrogens is 418 g/mol. The van der Waals surface area contributed by atoms with Gasteiger partial charge in [0.05, 0.1) is 16.7 Å². The number of carbonyl (C=O) groups is 5. The summed E-state index contributed by atoms with van der Waals surface area (Å²) in [5.74, 6) is -3.07. The molecule has 0 saturated carbocycles. The fourth-order valence-corrected chi connectivity index (χ4v) is 3.03. The lowest BCUT2D eigenvalue weighted by Gasteiger charge is -2.12. The van der Waals surface area contributed by atoms with Gasteiger partial charge in [-0.2, -0.15) is 0 Å². The van der Waals surface area contributed by atoms with E-state index in [0.29, 0.717) is 18.6 Å². The maximum Gasteiger partial charge on any atom is 0.338 e. The predicted molar refractivity (Wildman–Crippen MR) is 111 cm³/mol. The summed E-state index contributed by atoms with van der Waals surface area (Å²) in [4.78, 5) is 62.0. The van der Waals surface area contributed by atoms with E-state index in [9.17, 15) is 24.0 Å². The lowest BCUT2D eigenvalue weighted by atomic mass is 10.1. The normalized spacial score (nSPS) is 12.3. The van der Waals surface area contributed by atoms with Crippen molar-refractivity contribution in [2.45, 2.75) is 6.42 Å². The van der Waals surface area contributed by atoms with Crippen LogP contribution in [0.15, 0.2) is 48.5 Å². The summed E-state index contributed by atoms with van der Waals surface area (Å²) in [7, 11) is 1.53. The Hall–Kier alpha value is -4.05. The number of nitrogens with one attached hydrogen (secondary N) is 2. The Morgan fingerprint density at radius 2 is 1.62 bits per heavy atom. The molecule has 0 radical (unpaired) electrons. The third-order valence-corrected chi connectivity index (χ3v) is 4.62. The van der Waals surface area contributed by atoms with E-state index in [2.05, 4.69) is 10.9 Å². The minimum Gasteiger partial charge on any atom is -0.452 e. The zero-order valence-corrected chi connectivity index (χ0v) is 17.3. The monoisotopic (exact) mass is 439 g/mol. The number of nitrogens with zero attached hydrogens (tertiary/aromatic N) is 1. The number of hydrogen-bond donors (Lipinski definition) is 2. The van der Waals surface area contributed by atoms with Crippen molar-refractivity contribution in [1.29, 1.82) is 0 Å². The van der Waals surface area contributed by atoms with Gasteiger partial charge in [0.1, 0.15) is 0 Å². The molecule has 3 rings (SSSR count). The molecule has 0 spiro atoms. The van der Waals surface area contributed by atoms with E-state index in [-0.39, 0.29) is 23.2 Å². The van der Waals surface area contributed by atoms with Gasteiger partial charge in [-0.15, -0.1) is 0 Å². The summed E-state index contributed by atoms with van der Waals surface area (Å²) in [6.45, 7) is -0.0469. The predicted octanol–water partition coefficient (Wildman–Crippen LogP) is 0.937. The molecule has 10 heteroatoms. The summed E-state index contributed by atoms with van der Waals surface area (Å²) in [6, 6.07) is 12.2. The number of benzene rings is 2. The van der Waals surface area contributed by atoms with Crippen LogP contribution >= 0.6 is 0 Å². The molecule has 0 aromatic heterocycles. The highest BCUT2D eigenvalue weighted by Crippen LogP contribution is 2.24. The molecule has 10 nitrogen and oxygen atoms in total. The van der Waals surface area contributed by atoms with Crippen LogP contribution in [0.25, 0.3) is 0 Å². The maximum atomic E-state index is 12.5. The summed E-state index contributed by atoms with van der Waals surface area (Å²) in [6.07, 6.45) is 0.493. The highest BCUT2D eigenvalue weighted by molar-refractivity contribution is 6.22. The largest absolute Gasteiger partial charge is 0.452 e. The van der Waals surface area contributed by atoms with E-state index in [1.165, 1.54) is 25.3 Å². The highest BCUT2D eigenvalue weighted by Gasteiger charge is 2.35. The van der Waals surface area contributed by atoms with Crippen molar-refractivity contribution >= 4 is 29.6 Å². The third kappa shape index (κ3) is 5.16. The number of hydrazine groups is 1. The molecule has 0 bridgehead atoms. The van der Waals surface area contributed by atoms with E-state index in [1.54, 1.807) is 30.3 Å². The van der Waals surface area contributed by atoms with E-state index in [1.807, 2.05) is 0 Å². The lowest BCUT2D eigenvalue weighted by molar-refractivity contribution is -0.125. The Bertz CT molecular complexity index is 1050. The molecule has 1 aliphatic rings. The standard InChI is InChI=1S/C22H21N3O7/c1-31-11-5-10-25-20(28)16-9-8-15(12-17(16)21(25)29)22(30)32-13-18(26)23-24-19(27)14-6-3-2-4-7-14/h2-4,6-9,12H,5,10-11,13H2,1H3,(H,23,26)(H,24,27). The zero-order valence-electron chi connectivity index (χ0n) is 17.3. The Labute approximate surface area is 183 Å². The molecular formula is C22H21N3O7. The number of esters is 1. The van der Waals surface area contributed by atoms with Crippen LogP contribution in [-0.2, 0) is 14.3 Å². The summed E-state index contributed by atoms with van der Waals surface area (Å²) < 4.78 is 9.86. The smallest absolute Gasteiger partial charge is 0.338 e. The number of amides is 4. The quantitative estimate of drug-likeness (QED) is 0.271. The van der Waals surface area contributed by atoms with Gasteiger partial charge < -0.3 is 9.47 Å². The Morgan fingerprint density at radius 3 is 2.34 bits per heavy atom. The number of fused-ring (bicyclic) bond motifs is 1. The van der Waals surface area contributed by atoms with Gasteiger partial charge in [-0.25, -0.2) is 4.79 Å². The summed E-state index contributed by atoms with van der Waals surface area (Å²) in [5.41, 5.74) is 5.01. The number of imide groups is 1. The zero-order chi connectivity index (χ0) is 23.1. The number of methoxy groups -OCH3 is 1. The second-order valence-corrected chi connectivity index (χ2v) is 6.81. The van der Waals surface area contributed by atoms with E-state index < -0.39 is 36.2 Å². The molecule has 4 amide bonds. The van der Waals surface area contributed by atoms with Gasteiger partial charge in [0.15, 0.2) is 6.61 Å². The Balaban J connectivity index is 1.53. The number of ether oxygens (including phenoxy) is 2. The van der Waals surface area contributed by atoms with Crippen molar-refractivity contribution < 1.29 is 33.4 Å². The SMILES string of the molecule is COCCCN1C(=O)c2ccc(C(=O)OCC(=O)NNC(=O)c3ccccc3)cc2C1=O. The molecule has 0 fully saturated rings. The topological polar surface area (TPSA) is 131 Å². The van der Waals surface area contributed by atoms with Gasteiger partial charge in [0, 0.05) is 25.8 Å². The van der Waals surface area contributed by atoms with Crippen LogP contribution in [0.5, 0.6) is 0 Å². The average Bonchev–Trinajstić information content (AvgIpc) is 3.05. The van der Waals surface area contributed by atoms with E-state index in [0.717, 1.165) is 4.90 Å². The average molecular weight is 439 g/mol. The second kappa shape index (κ2) is 10.3. The van der Waals surface area contributed by atoms with Crippen LogP contribution in [0.1, 0.15) is 47.9 Å². The molecule has 2 N–H and O–H groups in total. The maximum absolute atomic E-state index is 12.5. The first-order valence-corrected chi connectivity index (χ1v) is 9.73. The van der Waals surface area contributed by atoms with Gasteiger partial charge in [0.2, 0.25) is 0 Å². The number of rotatable bonds is 8. The molecule has 0 saturated heterocycles. The van der Waals surface area contributed by atoms with E-state index in [4.69, 9.17) is 9.47 Å². The molecule has 0 atom stereocenters. The van der Waals surface area contributed by atoms with Crippen molar-refractivity contribution in [2.24, 2.45) is 0 Å². The van der Waals surface area contributed by atoms with Gasteiger partial charge in [-0.05, 0) is 36.8 Å². The molecule has 1 heterocycles. The number of carbonyl (C=O) groups excluding carboxylic acids is 5. The van der Waals surface area contributed by atoms with Crippen molar-refractivity contribution in [3.63, 3.8) is 0 Å². The molecule has 2 aromatic rings. The lowest BCUT2D eigenvalue weighted by Crippen LogP contribution is -2.43. The van der Waals surface area contributed by atoms with Gasteiger partial charge in [-0.3, -0.25) is 34.9 Å². The molecule has 2 aromatic carbocycles. The fourth-order valence-electron chi connectivity index (χ4n) is 3.03. The molecule has 1 aliphatic heterocycles. The molecule has 32 heavy (non-hydrogen) atoms. The highest BCUT2D eigenvalue weighted by atomic mass is 16.5. The summed E-state index contributed by atoms with van der Waals surface area (Å²) >= 11 is 0. The van der Waals surface area contributed by atoms with Crippen LogP contribution in [0.3, 0.4) is 0 Å². The molecule has 166 valence electrons. The van der Waals surface area contributed by atoms with Crippen molar-refractivity contribution in [3.8, 4) is 0 Å².